The molecule has 7 heteroatoms. The van der Waals surface area contributed by atoms with E-state index in [4.69, 9.17) is 39.8 Å². The van der Waals surface area contributed by atoms with Gasteiger partial charge in [0.05, 0.1) is 28.2 Å². The summed E-state index contributed by atoms with van der Waals surface area (Å²) in [7, 11) is 0. The van der Waals surface area contributed by atoms with Crippen molar-refractivity contribution in [1.29, 1.82) is 0 Å². The molecule has 4 nitrogen and oxygen atoms in total. The second-order valence-corrected chi connectivity index (χ2v) is 8.85. The Hall–Kier alpha value is -1.75. The van der Waals surface area contributed by atoms with Crippen LogP contribution >= 0.6 is 34.8 Å². The molecular weight excluding hydrogens is 429 g/mol. The number of benzene rings is 2. The summed E-state index contributed by atoms with van der Waals surface area (Å²) in [5.41, 5.74) is 2.33. The lowest BCUT2D eigenvalue weighted by molar-refractivity contribution is 0.0737. The van der Waals surface area contributed by atoms with E-state index in [2.05, 4.69) is 4.57 Å². The van der Waals surface area contributed by atoms with Gasteiger partial charge in [-0.25, -0.2) is 4.98 Å². The average Bonchev–Trinajstić information content (AvgIpc) is 3.46. The zero-order valence-corrected chi connectivity index (χ0v) is 18.4. The van der Waals surface area contributed by atoms with Crippen molar-refractivity contribution < 1.29 is 4.79 Å². The molecule has 1 aromatic heterocycles. The Kier molecular flexibility index (Phi) is 6.05. The molecule has 1 fully saturated rings. The van der Waals surface area contributed by atoms with Crippen LogP contribution < -0.4 is 0 Å². The van der Waals surface area contributed by atoms with Gasteiger partial charge in [0.15, 0.2) is 0 Å². The highest BCUT2D eigenvalue weighted by atomic mass is 35.5. The van der Waals surface area contributed by atoms with E-state index in [1.165, 1.54) is 12.8 Å². The van der Waals surface area contributed by atoms with Gasteiger partial charge in [0, 0.05) is 23.1 Å². The fourth-order valence-corrected chi connectivity index (χ4v) is 4.09. The van der Waals surface area contributed by atoms with Gasteiger partial charge in [-0.1, -0.05) is 41.7 Å². The minimum atomic E-state index is -0.137. The molecule has 0 atom stereocenters. The van der Waals surface area contributed by atoms with Crippen molar-refractivity contribution in [2.75, 3.05) is 6.54 Å². The fraction of sp³-hybridized carbons (Fsp3) is 0.364. The lowest BCUT2D eigenvalue weighted by atomic mass is 10.2. The van der Waals surface area contributed by atoms with Gasteiger partial charge in [-0.05, 0) is 61.6 Å². The van der Waals surface area contributed by atoms with Crippen molar-refractivity contribution in [3.8, 4) is 0 Å². The van der Waals surface area contributed by atoms with E-state index < -0.39 is 0 Å². The summed E-state index contributed by atoms with van der Waals surface area (Å²) in [4.78, 5) is 19.9. The quantitative estimate of drug-likeness (QED) is 0.414. The van der Waals surface area contributed by atoms with Gasteiger partial charge in [-0.2, -0.15) is 0 Å². The lowest BCUT2D eigenvalue weighted by Crippen LogP contribution is -2.32. The predicted molar refractivity (Wildman–Crippen MR) is 119 cm³/mol. The molecule has 0 N–H and O–H groups in total. The Balaban J connectivity index is 1.70. The third kappa shape index (κ3) is 4.55. The summed E-state index contributed by atoms with van der Waals surface area (Å²) in [6.45, 7) is 3.97. The van der Waals surface area contributed by atoms with Crippen LogP contribution in [0.5, 0.6) is 0 Å². The maximum Gasteiger partial charge on any atom is 0.255 e. The first-order valence-electron chi connectivity index (χ1n) is 9.85. The summed E-state index contributed by atoms with van der Waals surface area (Å²) in [5.74, 6) is 1.40. The summed E-state index contributed by atoms with van der Waals surface area (Å²) in [6.07, 6.45) is 3.30. The molecule has 1 aliphatic carbocycles. The Morgan fingerprint density at radius 1 is 1.14 bits per heavy atom. The Morgan fingerprint density at radius 3 is 2.59 bits per heavy atom. The number of carbonyl (C=O) groups excluding carboxylic acids is 1. The highest BCUT2D eigenvalue weighted by Gasteiger charge is 2.26. The van der Waals surface area contributed by atoms with E-state index in [1.54, 1.807) is 23.1 Å². The summed E-state index contributed by atoms with van der Waals surface area (Å²) >= 11 is 18.6. The molecule has 0 unspecified atom stereocenters. The minimum Gasteiger partial charge on any atom is -0.331 e. The van der Waals surface area contributed by atoms with Crippen LogP contribution in [-0.4, -0.2) is 26.9 Å². The largest absolute Gasteiger partial charge is 0.331 e. The van der Waals surface area contributed by atoms with Crippen LogP contribution in [0.25, 0.3) is 11.0 Å². The number of fused-ring (bicyclic) bond motifs is 1. The maximum atomic E-state index is 13.3. The van der Waals surface area contributed by atoms with Gasteiger partial charge in [-0.3, -0.25) is 4.79 Å². The Bertz CT molecular complexity index is 1060. The predicted octanol–water partition coefficient (Wildman–Crippen LogP) is 6.46. The summed E-state index contributed by atoms with van der Waals surface area (Å²) in [5, 5.41) is 1.58. The number of amides is 1. The van der Waals surface area contributed by atoms with Crippen LogP contribution in [0.15, 0.2) is 36.4 Å². The Morgan fingerprint density at radius 2 is 1.86 bits per heavy atom. The molecule has 3 aromatic rings. The first-order valence-corrected chi connectivity index (χ1v) is 11.0. The van der Waals surface area contributed by atoms with Crippen LogP contribution in [0, 0.1) is 5.92 Å². The minimum absolute atomic E-state index is 0.137. The van der Waals surface area contributed by atoms with E-state index in [1.807, 2.05) is 25.1 Å². The smallest absolute Gasteiger partial charge is 0.255 e. The van der Waals surface area contributed by atoms with Crippen molar-refractivity contribution in [2.45, 2.75) is 39.3 Å². The molecule has 1 amide bonds. The van der Waals surface area contributed by atoms with E-state index >= 15 is 0 Å². The zero-order chi connectivity index (χ0) is 20.5. The molecule has 0 radical (unpaired) electrons. The number of carbonyl (C=O) groups is 1. The maximum absolute atomic E-state index is 13.3. The van der Waals surface area contributed by atoms with Crippen molar-refractivity contribution >= 4 is 51.7 Å². The first-order chi connectivity index (χ1) is 14.0. The summed E-state index contributed by atoms with van der Waals surface area (Å²) in [6, 6.07) is 10.7. The molecule has 29 heavy (non-hydrogen) atoms. The number of imidazole rings is 1. The number of rotatable bonds is 7. The van der Waals surface area contributed by atoms with Crippen LogP contribution in [0.1, 0.15) is 42.4 Å². The second kappa shape index (κ2) is 8.55. The molecule has 4 rings (SSSR count). The van der Waals surface area contributed by atoms with Crippen molar-refractivity contribution in [3.63, 3.8) is 0 Å². The van der Waals surface area contributed by atoms with Crippen molar-refractivity contribution in [2.24, 2.45) is 5.92 Å². The van der Waals surface area contributed by atoms with Crippen LogP contribution in [0.2, 0.25) is 15.1 Å². The monoisotopic (exact) mass is 449 g/mol. The van der Waals surface area contributed by atoms with Crippen LogP contribution in [0.4, 0.5) is 0 Å². The van der Waals surface area contributed by atoms with E-state index in [0.29, 0.717) is 39.6 Å². The molecule has 2 aromatic carbocycles. The first kappa shape index (κ1) is 20.5. The number of hydrogen-bond donors (Lipinski definition) is 0. The SMILES string of the molecule is CCCN(Cc1nc2ccc(Cl)cc2n1CC1CC1)C(=O)c1cc(Cl)ccc1Cl. The highest BCUT2D eigenvalue weighted by Crippen LogP contribution is 2.33. The molecule has 0 bridgehead atoms. The topological polar surface area (TPSA) is 38.1 Å². The van der Waals surface area contributed by atoms with Gasteiger partial charge in [-0.15, -0.1) is 0 Å². The molecular formula is C22H22Cl3N3O. The molecule has 1 heterocycles. The van der Waals surface area contributed by atoms with Crippen molar-refractivity contribution in [3.05, 3.63) is 62.9 Å². The molecule has 0 spiro atoms. The van der Waals surface area contributed by atoms with E-state index in [9.17, 15) is 4.79 Å². The molecule has 0 saturated heterocycles. The standard InChI is InChI=1S/C22H22Cl3N3O/c1-2-9-27(22(29)17-10-15(23)5-7-18(17)25)13-21-26-19-8-6-16(24)11-20(19)28(21)12-14-3-4-14/h5-8,10-11,14H,2-4,9,12-13H2,1H3. The van der Waals surface area contributed by atoms with Gasteiger partial charge in [0.25, 0.3) is 5.91 Å². The van der Waals surface area contributed by atoms with Gasteiger partial charge in [0.2, 0.25) is 0 Å². The zero-order valence-electron chi connectivity index (χ0n) is 16.2. The number of halogens is 3. The molecule has 1 aliphatic rings. The van der Waals surface area contributed by atoms with Gasteiger partial charge in [0.1, 0.15) is 5.82 Å². The van der Waals surface area contributed by atoms with Gasteiger partial charge >= 0.3 is 0 Å². The van der Waals surface area contributed by atoms with Crippen LogP contribution in [0.3, 0.4) is 0 Å². The number of hydrogen-bond acceptors (Lipinski definition) is 2. The molecule has 0 aliphatic heterocycles. The third-order valence-electron chi connectivity index (χ3n) is 5.20. The van der Waals surface area contributed by atoms with E-state index in [-0.39, 0.29) is 5.91 Å². The number of nitrogens with zero attached hydrogens (tertiary/aromatic N) is 3. The van der Waals surface area contributed by atoms with E-state index in [0.717, 1.165) is 29.8 Å². The third-order valence-corrected chi connectivity index (χ3v) is 6.00. The van der Waals surface area contributed by atoms with Crippen molar-refractivity contribution in [1.82, 2.24) is 14.5 Å². The normalized spacial score (nSPS) is 13.8. The lowest BCUT2D eigenvalue weighted by Gasteiger charge is -2.23. The Labute approximate surface area is 185 Å². The van der Waals surface area contributed by atoms with Gasteiger partial charge < -0.3 is 9.47 Å². The average molecular weight is 451 g/mol. The molecule has 1 saturated carbocycles. The number of aromatic nitrogens is 2. The molecule has 152 valence electrons. The fourth-order valence-electron chi connectivity index (χ4n) is 3.55. The second-order valence-electron chi connectivity index (χ2n) is 7.57. The highest BCUT2D eigenvalue weighted by molar-refractivity contribution is 6.35. The van der Waals surface area contributed by atoms with Crippen LogP contribution in [-0.2, 0) is 13.1 Å². The summed E-state index contributed by atoms with van der Waals surface area (Å²) < 4.78 is 2.22.